The van der Waals surface area contributed by atoms with Crippen molar-refractivity contribution in [2.75, 3.05) is 0 Å². The predicted molar refractivity (Wildman–Crippen MR) is 104 cm³/mol. The molecule has 1 aliphatic rings. The van der Waals surface area contributed by atoms with Crippen molar-refractivity contribution in [3.63, 3.8) is 0 Å². The van der Waals surface area contributed by atoms with Gasteiger partial charge in [0.15, 0.2) is 0 Å². The molecule has 0 saturated carbocycles. The quantitative estimate of drug-likeness (QED) is 0.415. The van der Waals surface area contributed by atoms with Gasteiger partial charge in [0, 0.05) is 12.1 Å². The average Bonchev–Trinajstić information content (AvgIpc) is 2.92. The Morgan fingerprint density at radius 2 is 1.69 bits per heavy atom. The third-order valence-corrected chi connectivity index (χ3v) is 5.08. The Morgan fingerprint density at radius 3 is 2.31 bits per heavy atom. The van der Waals surface area contributed by atoms with Gasteiger partial charge >= 0.3 is 6.03 Å². The molecule has 146 valence electrons. The van der Waals surface area contributed by atoms with Gasteiger partial charge in [0.25, 0.3) is 11.6 Å². The van der Waals surface area contributed by atoms with E-state index in [0.717, 1.165) is 10.4 Å². The van der Waals surface area contributed by atoms with Crippen LogP contribution in [0.3, 0.4) is 0 Å². The fraction of sp³-hybridized carbons (Fsp3) is 0.200. The lowest BCUT2D eigenvalue weighted by molar-refractivity contribution is -0.384. The van der Waals surface area contributed by atoms with Crippen molar-refractivity contribution in [1.29, 1.82) is 0 Å². The van der Waals surface area contributed by atoms with Gasteiger partial charge in [-0.05, 0) is 43.7 Å². The molecule has 4 rings (SSSR count). The molecular formula is C20H17N5O4. The zero-order chi connectivity index (χ0) is 20.8. The number of hydrogen-bond donors (Lipinski definition) is 1. The van der Waals surface area contributed by atoms with Crippen LogP contribution in [0, 0.1) is 17.0 Å². The number of para-hydroxylation sites is 2. The Labute approximate surface area is 165 Å². The van der Waals surface area contributed by atoms with Crippen LogP contribution in [0.15, 0.2) is 48.5 Å². The first-order valence-corrected chi connectivity index (χ1v) is 8.91. The summed E-state index contributed by atoms with van der Waals surface area (Å²) in [6.45, 7) is 3.34. The van der Waals surface area contributed by atoms with Crippen LogP contribution in [0.5, 0.6) is 0 Å². The molecule has 1 aromatic heterocycles. The number of imide groups is 1. The highest BCUT2D eigenvalue weighted by Crippen LogP contribution is 2.31. The summed E-state index contributed by atoms with van der Waals surface area (Å²) < 4.78 is 0. The molecular weight excluding hydrogens is 374 g/mol. The number of aryl methyl sites for hydroxylation is 1. The zero-order valence-electron chi connectivity index (χ0n) is 15.7. The molecule has 1 atom stereocenters. The molecule has 9 nitrogen and oxygen atoms in total. The van der Waals surface area contributed by atoms with E-state index in [0.29, 0.717) is 22.5 Å². The van der Waals surface area contributed by atoms with E-state index in [9.17, 15) is 19.7 Å². The van der Waals surface area contributed by atoms with Crippen molar-refractivity contribution in [2.45, 2.75) is 25.9 Å². The summed E-state index contributed by atoms with van der Waals surface area (Å²) in [5.74, 6) is -0.453. The van der Waals surface area contributed by atoms with Crippen molar-refractivity contribution >= 4 is 28.7 Å². The molecule has 1 fully saturated rings. The van der Waals surface area contributed by atoms with Crippen LogP contribution in [-0.2, 0) is 16.9 Å². The van der Waals surface area contributed by atoms with E-state index < -0.39 is 22.4 Å². The smallest absolute Gasteiger partial charge is 0.319 e. The number of urea groups is 1. The maximum absolute atomic E-state index is 13.1. The highest BCUT2D eigenvalue weighted by molar-refractivity contribution is 6.07. The molecule has 2 heterocycles. The van der Waals surface area contributed by atoms with Gasteiger partial charge in [-0.2, -0.15) is 0 Å². The Morgan fingerprint density at radius 1 is 1.07 bits per heavy atom. The summed E-state index contributed by atoms with van der Waals surface area (Å²) in [4.78, 5) is 46.1. The van der Waals surface area contributed by atoms with Crippen LogP contribution in [0.2, 0.25) is 0 Å². The van der Waals surface area contributed by atoms with Gasteiger partial charge in [-0.1, -0.05) is 12.1 Å². The average molecular weight is 391 g/mol. The van der Waals surface area contributed by atoms with Crippen LogP contribution in [0.1, 0.15) is 23.9 Å². The fourth-order valence-corrected chi connectivity index (χ4v) is 3.38. The first kappa shape index (κ1) is 18.5. The molecule has 0 bridgehead atoms. The third-order valence-electron chi connectivity index (χ3n) is 5.08. The minimum atomic E-state index is -1.32. The van der Waals surface area contributed by atoms with Crippen molar-refractivity contribution in [3.05, 3.63) is 75.6 Å². The zero-order valence-corrected chi connectivity index (χ0v) is 15.7. The number of aromatic nitrogens is 2. The van der Waals surface area contributed by atoms with E-state index in [-0.39, 0.29) is 12.2 Å². The number of fused-ring (bicyclic) bond motifs is 1. The van der Waals surface area contributed by atoms with E-state index in [4.69, 9.17) is 0 Å². The van der Waals surface area contributed by atoms with Crippen molar-refractivity contribution < 1.29 is 14.5 Å². The summed E-state index contributed by atoms with van der Waals surface area (Å²) in [7, 11) is 0. The molecule has 3 amide bonds. The lowest BCUT2D eigenvalue weighted by Gasteiger charge is -2.22. The van der Waals surface area contributed by atoms with E-state index in [1.165, 1.54) is 24.3 Å². The predicted octanol–water partition coefficient (Wildman–Crippen LogP) is 2.81. The lowest BCUT2D eigenvalue weighted by Crippen LogP contribution is -2.40. The van der Waals surface area contributed by atoms with E-state index in [1.807, 2.05) is 24.3 Å². The molecule has 29 heavy (non-hydrogen) atoms. The number of amides is 3. The summed E-state index contributed by atoms with van der Waals surface area (Å²) in [6, 6.07) is 12.4. The molecule has 0 spiro atoms. The fourth-order valence-electron chi connectivity index (χ4n) is 3.38. The van der Waals surface area contributed by atoms with Gasteiger partial charge in [0.05, 0.1) is 33.9 Å². The standard InChI is InChI=1S/C20H17N5O4/c1-12-17(22-16-6-4-3-5-15(16)21-12)11-24-18(26)20(2,23-19(24)27)13-7-9-14(10-8-13)25(28)29/h3-10H,11H2,1-2H3,(H,23,27). The van der Waals surface area contributed by atoms with Crippen LogP contribution < -0.4 is 5.32 Å². The Kier molecular flexibility index (Phi) is 4.22. The SMILES string of the molecule is Cc1nc2ccccc2nc1CN1C(=O)NC(C)(c2ccc([N+](=O)[O-])cc2)C1=O. The van der Waals surface area contributed by atoms with Gasteiger partial charge in [0.1, 0.15) is 5.54 Å². The Hall–Kier alpha value is -3.88. The normalized spacial score (nSPS) is 18.9. The van der Waals surface area contributed by atoms with Crippen LogP contribution in [-0.4, -0.2) is 31.7 Å². The molecule has 1 saturated heterocycles. The topological polar surface area (TPSA) is 118 Å². The number of carbonyl (C=O) groups is 2. The second-order valence-corrected chi connectivity index (χ2v) is 6.99. The van der Waals surface area contributed by atoms with E-state index in [1.54, 1.807) is 13.8 Å². The molecule has 1 N–H and O–H groups in total. The maximum atomic E-state index is 13.1. The van der Waals surface area contributed by atoms with Crippen LogP contribution in [0.25, 0.3) is 11.0 Å². The minimum absolute atomic E-state index is 0.0170. The molecule has 3 aromatic rings. The van der Waals surface area contributed by atoms with E-state index >= 15 is 0 Å². The molecule has 1 unspecified atom stereocenters. The second-order valence-electron chi connectivity index (χ2n) is 6.99. The highest BCUT2D eigenvalue weighted by Gasteiger charge is 2.49. The lowest BCUT2D eigenvalue weighted by atomic mass is 9.92. The van der Waals surface area contributed by atoms with Crippen molar-refractivity contribution in [3.8, 4) is 0 Å². The second kappa shape index (κ2) is 6.62. The van der Waals surface area contributed by atoms with Gasteiger partial charge in [-0.3, -0.25) is 19.8 Å². The maximum Gasteiger partial charge on any atom is 0.325 e. The largest absolute Gasteiger partial charge is 0.325 e. The summed E-state index contributed by atoms with van der Waals surface area (Å²) in [5, 5.41) is 13.5. The highest BCUT2D eigenvalue weighted by atomic mass is 16.6. The number of rotatable bonds is 4. The Bertz CT molecular complexity index is 1160. The summed E-state index contributed by atoms with van der Waals surface area (Å²) in [6.07, 6.45) is 0. The molecule has 0 aliphatic carbocycles. The third kappa shape index (κ3) is 3.06. The first-order chi connectivity index (χ1) is 13.8. The minimum Gasteiger partial charge on any atom is -0.319 e. The van der Waals surface area contributed by atoms with Gasteiger partial charge in [-0.25, -0.2) is 14.8 Å². The number of hydrogen-bond acceptors (Lipinski definition) is 6. The van der Waals surface area contributed by atoms with Crippen LogP contribution >= 0.6 is 0 Å². The van der Waals surface area contributed by atoms with Crippen LogP contribution in [0.4, 0.5) is 10.5 Å². The number of nitrogens with zero attached hydrogens (tertiary/aromatic N) is 4. The number of nitro benzene ring substituents is 1. The molecule has 9 heteroatoms. The van der Waals surface area contributed by atoms with Crippen molar-refractivity contribution in [1.82, 2.24) is 20.2 Å². The van der Waals surface area contributed by atoms with Crippen molar-refractivity contribution in [2.24, 2.45) is 0 Å². The number of non-ortho nitro benzene ring substituents is 1. The molecule has 1 aliphatic heterocycles. The first-order valence-electron chi connectivity index (χ1n) is 8.91. The number of nitro groups is 1. The van der Waals surface area contributed by atoms with Gasteiger partial charge in [-0.15, -0.1) is 0 Å². The van der Waals surface area contributed by atoms with Gasteiger partial charge in [0.2, 0.25) is 0 Å². The van der Waals surface area contributed by atoms with Gasteiger partial charge < -0.3 is 5.32 Å². The van der Waals surface area contributed by atoms with E-state index in [2.05, 4.69) is 15.3 Å². The number of nitrogens with one attached hydrogen (secondary N) is 1. The number of carbonyl (C=O) groups excluding carboxylic acids is 2. The monoisotopic (exact) mass is 391 g/mol. The molecule has 2 aromatic carbocycles. The summed E-state index contributed by atoms with van der Waals surface area (Å²) in [5.41, 5.74) is 1.64. The Balaban J connectivity index is 1.64. The summed E-state index contributed by atoms with van der Waals surface area (Å²) >= 11 is 0. The number of benzene rings is 2. The molecule has 0 radical (unpaired) electrons.